The van der Waals surface area contributed by atoms with E-state index in [1.54, 1.807) is 36.1 Å². The van der Waals surface area contributed by atoms with Gasteiger partial charge in [0, 0.05) is 30.1 Å². The number of amides is 2. The normalized spacial score (nSPS) is 13.8. The molecule has 10 nitrogen and oxygen atoms in total. The Kier molecular flexibility index (Phi) is 7.08. The van der Waals surface area contributed by atoms with Crippen LogP contribution < -0.4 is 5.32 Å². The van der Waals surface area contributed by atoms with Crippen molar-refractivity contribution in [1.82, 2.24) is 10.1 Å². The van der Waals surface area contributed by atoms with Crippen LogP contribution >= 0.6 is 0 Å². The number of fused-ring (bicyclic) bond motifs is 1. The number of rotatable bonds is 6. The van der Waals surface area contributed by atoms with Gasteiger partial charge in [-0.05, 0) is 61.4 Å². The molecule has 0 aliphatic carbocycles. The highest BCUT2D eigenvalue weighted by molar-refractivity contribution is 6.19. The second-order valence-electron chi connectivity index (χ2n) is 9.05. The molecule has 2 amide bonds. The molecule has 0 spiro atoms. The van der Waals surface area contributed by atoms with Gasteiger partial charge in [0.2, 0.25) is 11.7 Å². The number of benzene rings is 2. The van der Waals surface area contributed by atoms with Crippen LogP contribution in [0.1, 0.15) is 50.3 Å². The lowest BCUT2D eigenvalue weighted by molar-refractivity contribution is -0.129. The van der Waals surface area contributed by atoms with Crippen molar-refractivity contribution in [3.8, 4) is 6.07 Å². The first-order chi connectivity index (χ1) is 18.9. The zero-order valence-electron chi connectivity index (χ0n) is 21.3. The van der Waals surface area contributed by atoms with Crippen LogP contribution in [0.15, 0.2) is 63.7 Å². The molecule has 0 atom stereocenters. The largest absolute Gasteiger partial charge is 0.450 e. The maximum atomic E-state index is 13.5. The van der Waals surface area contributed by atoms with E-state index in [1.807, 2.05) is 13.0 Å². The highest BCUT2D eigenvalue weighted by atomic mass is 16.5. The molecule has 10 heteroatoms. The molecule has 0 unspecified atom stereocenters. The number of nitrogens with zero attached hydrogens (tertiary/aromatic N) is 3. The van der Waals surface area contributed by atoms with Crippen molar-refractivity contribution in [2.24, 2.45) is 0 Å². The van der Waals surface area contributed by atoms with Crippen LogP contribution in [0.3, 0.4) is 0 Å². The summed E-state index contributed by atoms with van der Waals surface area (Å²) in [5, 5.41) is 16.0. The van der Waals surface area contributed by atoms with Gasteiger partial charge in [0.25, 0.3) is 5.91 Å². The summed E-state index contributed by atoms with van der Waals surface area (Å²) in [5.41, 5.74) is 2.90. The Labute approximate surface area is 223 Å². The Hall–Kier alpha value is -5.01. The third-order valence-corrected chi connectivity index (χ3v) is 6.52. The summed E-state index contributed by atoms with van der Waals surface area (Å²) in [7, 11) is 0. The maximum Gasteiger partial charge on any atom is 0.261 e. The summed E-state index contributed by atoms with van der Waals surface area (Å²) in [6.07, 6.45) is 2.86. The van der Waals surface area contributed by atoms with Crippen LogP contribution in [0.25, 0.3) is 16.5 Å². The molecular weight excluding hydrogens is 500 g/mol. The molecule has 4 aromatic rings. The maximum absolute atomic E-state index is 13.5. The van der Waals surface area contributed by atoms with Crippen LogP contribution in [0.5, 0.6) is 0 Å². The van der Waals surface area contributed by atoms with Crippen molar-refractivity contribution in [3.63, 3.8) is 0 Å². The summed E-state index contributed by atoms with van der Waals surface area (Å²) < 4.78 is 16.3. The molecule has 0 bridgehead atoms. The predicted octanol–water partition coefficient (Wildman–Crippen LogP) is 4.35. The van der Waals surface area contributed by atoms with E-state index in [2.05, 4.69) is 10.5 Å². The fraction of sp³-hybridized carbons (Fsp3) is 0.207. The van der Waals surface area contributed by atoms with Gasteiger partial charge < -0.3 is 23.9 Å². The number of anilines is 1. The zero-order valence-corrected chi connectivity index (χ0v) is 21.3. The Morgan fingerprint density at radius 2 is 1.79 bits per heavy atom. The van der Waals surface area contributed by atoms with Crippen LogP contribution in [-0.4, -0.2) is 54.0 Å². The minimum Gasteiger partial charge on any atom is -0.450 e. The molecule has 2 aromatic heterocycles. The van der Waals surface area contributed by atoms with E-state index in [0.29, 0.717) is 54.2 Å². The van der Waals surface area contributed by atoms with E-state index >= 15 is 0 Å². The fourth-order valence-electron chi connectivity index (χ4n) is 4.30. The Morgan fingerprint density at radius 1 is 1.08 bits per heavy atom. The first kappa shape index (κ1) is 25.6. The number of ether oxygens (including phenoxy) is 1. The lowest BCUT2D eigenvalue weighted by Gasteiger charge is -2.25. The van der Waals surface area contributed by atoms with Crippen LogP contribution in [0, 0.1) is 18.3 Å². The molecule has 0 saturated carbocycles. The second kappa shape index (κ2) is 10.8. The SMILES string of the molecule is CC(=CC(=O)N1CCOCC1)c1ccc2oc(C(=O)c3ccc(C#N)cc3)c(NC(=O)c3cnoc3C)c2c1. The van der Waals surface area contributed by atoms with Gasteiger partial charge in [-0.15, -0.1) is 0 Å². The summed E-state index contributed by atoms with van der Waals surface area (Å²) in [6.45, 7) is 5.50. The highest BCUT2D eigenvalue weighted by Crippen LogP contribution is 2.35. The van der Waals surface area contributed by atoms with Crippen molar-refractivity contribution in [1.29, 1.82) is 5.26 Å². The molecule has 39 heavy (non-hydrogen) atoms. The lowest BCUT2D eigenvalue weighted by Crippen LogP contribution is -2.39. The molecule has 5 rings (SSSR count). The van der Waals surface area contributed by atoms with Crippen molar-refractivity contribution in [2.45, 2.75) is 13.8 Å². The number of nitrogens with one attached hydrogen (secondary N) is 1. The number of carbonyl (C=O) groups excluding carboxylic acids is 3. The zero-order chi connectivity index (χ0) is 27.5. The van der Waals surface area contributed by atoms with Gasteiger partial charge in [-0.2, -0.15) is 5.26 Å². The Balaban J connectivity index is 1.56. The third-order valence-electron chi connectivity index (χ3n) is 6.52. The van der Waals surface area contributed by atoms with Crippen molar-refractivity contribution >= 4 is 39.8 Å². The molecule has 1 aliphatic heterocycles. The predicted molar refractivity (Wildman–Crippen MR) is 141 cm³/mol. The summed E-state index contributed by atoms with van der Waals surface area (Å²) >= 11 is 0. The molecular formula is C29H24N4O6. The number of allylic oxidation sites excluding steroid dienone is 1. The average Bonchev–Trinajstić information content (AvgIpc) is 3.56. The molecule has 1 fully saturated rings. The third kappa shape index (κ3) is 5.21. The van der Waals surface area contributed by atoms with Crippen LogP contribution in [0.2, 0.25) is 0 Å². The van der Waals surface area contributed by atoms with Crippen LogP contribution in [0.4, 0.5) is 5.69 Å². The molecule has 3 heterocycles. The molecule has 0 radical (unpaired) electrons. The van der Waals surface area contributed by atoms with Gasteiger partial charge >= 0.3 is 0 Å². The topological polar surface area (TPSA) is 139 Å². The number of aromatic nitrogens is 1. The minimum absolute atomic E-state index is 0.0691. The number of carbonyl (C=O) groups is 3. The van der Waals surface area contributed by atoms with E-state index in [1.165, 1.54) is 30.5 Å². The van der Waals surface area contributed by atoms with Crippen molar-refractivity contribution in [3.05, 3.63) is 88.5 Å². The van der Waals surface area contributed by atoms with Gasteiger partial charge in [-0.25, -0.2) is 0 Å². The minimum atomic E-state index is -0.523. The smallest absolute Gasteiger partial charge is 0.261 e. The van der Waals surface area contributed by atoms with E-state index in [4.69, 9.17) is 18.9 Å². The average molecular weight is 525 g/mol. The Bertz CT molecular complexity index is 1650. The lowest BCUT2D eigenvalue weighted by atomic mass is 10.0. The molecule has 2 aromatic carbocycles. The van der Waals surface area contributed by atoms with Gasteiger partial charge in [-0.1, -0.05) is 11.2 Å². The van der Waals surface area contributed by atoms with Gasteiger partial charge in [-0.3, -0.25) is 14.4 Å². The van der Waals surface area contributed by atoms with Crippen molar-refractivity contribution in [2.75, 3.05) is 31.6 Å². The van der Waals surface area contributed by atoms with Gasteiger partial charge in [0.05, 0.1) is 36.7 Å². The number of ketones is 1. The first-order valence-electron chi connectivity index (χ1n) is 12.2. The van der Waals surface area contributed by atoms with Crippen LogP contribution in [-0.2, 0) is 9.53 Å². The van der Waals surface area contributed by atoms with Gasteiger partial charge in [0.15, 0.2) is 5.76 Å². The second-order valence-corrected chi connectivity index (χ2v) is 9.05. The molecule has 1 aliphatic rings. The Morgan fingerprint density at radius 3 is 2.46 bits per heavy atom. The fourth-order valence-corrected chi connectivity index (χ4v) is 4.30. The summed E-state index contributed by atoms with van der Waals surface area (Å²) in [5.74, 6) is -0.854. The van der Waals surface area contributed by atoms with E-state index in [0.717, 1.165) is 5.56 Å². The summed E-state index contributed by atoms with van der Waals surface area (Å²) in [4.78, 5) is 41.1. The number of aryl methyl sites for hydroxylation is 1. The van der Waals surface area contributed by atoms with Gasteiger partial charge in [0.1, 0.15) is 16.9 Å². The molecule has 1 saturated heterocycles. The van der Waals surface area contributed by atoms with E-state index in [9.17, 15) is 14.4 Å². The number of hydrogen-bond donors (Lipinski definition) is 1. The monoisotopic (exact) mass is 524 g/mol. The van der Waals surface area contributed by atoms with E-state index < -0.39 is 11.7 Å². The number of hydrogen-bond acceptors (Lipinski definition) is 8. The number of nitriles is 1. The quantitative estimate of drug-likeness (QED) is 0.290. The first-order valence-corrected chi connectivity index (χ1v) is 12.2. The highest BCUT2D eigenvalue weighted by Gasteiger charge is 2.26. The number of morpholine rings is 1. The van der Waals surface area contributed by atoms with E-state index in [-0.39, 0.29) is 28.5 Å². The number of furan rings is 1. The summed E-state index contributed by atoms with van der Waals surface area (Å²) in [6, 6.07) is 13.4. The molecule has 1 N–H and O–H groups in total. The molecule has 196 valence electrons. The van der Waals surface area contributed by atoms with Crippen molar-refractivity contribution < 1.29 is 28.1 Å². The standard InChI is InChI=1S/C29H24N4O6/c1-17(13-25(34)33-9-11-37-12-10-33)21-7-8-24-22(14-21)26(32-29(36)23-16-31-39-18(23)2)28(38-24)27(35)20-5-3-19(15-30)4-6-20/h3-8,13-14,16H,9-12H2,1-2H3,(H,32,36).